The molecule has 1 rings (SSSR count). The summed E-state index contributed by atoms with van der Waals surface area (Å²) >= 11 is 3.18. The quantitative estimate of drug-likeness (QED) is 0.876. The molecule has 0 spiro atoms. The van der Waals surface area contributed by atoms with Crippen molar-refractivity contribution >= 4 is 21.8 Å². The molecule has 18 heavy (non-hydrogen) atoms. The van der Waals surface area contributed by atoms with Crippen molar-refractivity contribution in [1.29, 1.82) is 0 Å². The van der Waals surface area contributed by atoms with Crippen molar-refractivity contribution in [1.82, 2.24) is 5.32 Å². The molecule has 0 heterocycles. The summed E-state index contributed by atoms with van der Waals surface area (Å²) in [5.74, 6) is 0.800. The fraction of sp³-hybridized carbons (Fsp3) is 0.357. The average molecular weight is 312 g/mol. The number of hydrogen-bond acceptors (Lipinski definition) is 2. The summed E-state index contributed by atoms with van der Waals surface area (Å²) in [5, 5.41) is 2.73. The van der Waals surface area contributed by atoms with Crippen LogP contribution in [-0.4, -0.2) is 19.1 Å². The monoisotopic (exact) mass is 311 g/mol. The van der Waals surface area contributed by atoms with Crippen LogP contribution in [0.3, 0.4) is 0 Å². The van der Waals surface area contributed by atoms with E-state index in [4.69, 9.17) is 4.74 Å². The number of benzene rings is 1. The van der Waals surface area contributed by atoms with Gasteiger partial charge in [-0.25, -0.2) is 0 Å². The van der Waals surface area contributed by atoms with E-state index in [0.717, 1.165) is 21.4 Å². The molecule has 0 bridgehead atoms. The van der Waals surface area contributed by atoms with Gasteiger partial charge in [-0.2, -0.15) is 0 Å². The van der Waals surface area contributed by atoms with Crippen molar-refractivity contribution in [2.45, 2.75) is 20.3 Å². The topological polar surface area (TPSA) is 38.3 Å². The van der Waals surface area contributed by atoms with Crippen LogP contribution < -0.4 is 10.1 Å². The Balaban J connectivity index is 2.35. The summed E-state index contributed by atoms with van der Waals surface area (Å²) in [6, 6.07) is 6.03. The van der Waals surface area contributed by atoms with Gasteiger partial charge in [-0.3, -0.25) is 4.79 Å². The molecule has 98 valence electrons. The Labute approximate surface area is 116 Å². The van der Waals surface area contributed by atoms with Gasteiger partial charge in [0.05, 0.1) is 13.0 Å². The maximum absolute atomic E-state index is 11.4. The van der Waals surface area contributed by atoms with E-state index in [9.17, 15) is 4.79 Å². The van der Waals surface area contributed by atoms with Crippen LogP contribution in [0.2, 0.25) is 0 Å². The lowest BCUT2D eigenvalue weighted by atomic mass is 10.1. The molecule has 1 N–H and O–H groups in total. The molecule has 0 aliphatic heterocycles. The van der Waals surface area contributed by atoms with Crippen molar-refractivity contribution < 1.29 is 9.53 Å². The predicted molar refractivity (Wildman–Crippen MR) is 77.1 cm³/mol. The Morgan fingerprint density at radius 2 is 2.17 bits per heavy atom. The second kappa shape index (κ2) is 7.21. The summed E-state index contributed by atoms with van der Waals surface area (Å²) < 4.78 is 6.36. The first-order valence-corrected chi connectivity index (χ1v) is 6.58. The summed E-state index contributed by atoms with van der Waals surface area (Å²) in [6.07, 6.45) is 0.341. The predicted octanol–water partition coefficient (Wildman–Crippen LogP) is 3.10. The summed E-state index contributed by atoms with van der Waals surface area (Å²) in [5.41, 5.74) is 2.23. The van der Waals surface area contributed by atoms with E-state index in [0.29, 0.717) is 19.6 Å². The van der Waals surface area contributed by atoms with Crippen molar-refractivity contribution in [3.05, 3.63) is 40.4 Å². The molecule has 4 heteroatoms. The molecule has 0 saturated carbocycles. The molecule has 0 unspecified atom stereocenters. The van der Waals surface area contributed by atoms with Crippen LogP contribution in [0.5, 0.6) is 5.75 Å². The van der Waals surface area contributed by atoms with Gasteiger partial charge in [-0.05, 0) is 31.0 Å². The molecule has 3 nitrogen and oxygen atoms in total. The first kappa shape index (κ1) is 14.8. The molecule has 0 aliphatic carbocycles. The van der Waals surface area contributed by atoms with Crippen LogP contribution in [0, 0.1) is 13.8 Å². The highest BCUT2D eigenvalue weighted by molar-refractivity contribution is 9.11. The van der Waals surface area contributed by atoms with Gasteiger partial charge in [0.15, 0.2) is 0 Å². The number of carbonyl (C=O) groups excluding carboxylic acids is 1. The zero-order valence-electron chi connectivity index (χ0n) is 10.8. The fourth-order valence-electron chi connectivity index (χ4n) is 1.40. The third kappa shape index (κ3) is 5.36. The molecule has 1 aromatic rings. The van der Waals surface area contributed by atoms with E-state index in [1.54, 1.807) is 0 Å². The third-order valence-corrected chi connectivity index (χ3v) is 2.69. The average Bonchev–Trinajstić information content (AvgIpc) is 2.31. The van der Waals surface area contributed by atoms with Crippen molar-refractivity contribution in [2.24, 2.45) is 0 Å². The van der Waals surface area contributed by atoms with Crippen LogP contribution >= 0.6 is 15.9 Å². The van der Waals surface area contributed by atoms with Gasteiger partial charge < -0.3 is 10.1 Å². The van der Waals surface area contributed by atoms with Gasteiger partial charge in [0.2, 0.25) is 5.91 Å². The highest BCUT2D eigenvalue weighted by Gasteiger charge is 2.03. The van der Waals surface area contributed by atoms with Crippen LogP contribution in [0.15, 0.2) is 29.3 Å². The molecule has 0 aliphatic rings. The van der Waals surface area contributed by atoms with Crippen molar-refractivity contribution in [3.8, 4) is 5.75 Å². The van der Waals surface area contributed by atoms with E-state index in [1.807, 2.05) is 32.0 Å². The van der Waals surface area contributed by atoms with Gasteiger partial charge in [0, 0.05) is 11.0 Å². The number of halogens is 1. The van der Waals surface area contributed by atoms with Crippen molar-refractivity contribution in [2.75, 3.05) is 13.2 Å². The summed E-state index contributed by atoms with van der Waals surface area (Å²) in [7, 11) is 0. The smallest absolute Gasteiger partial charge is 0.223 e. The lowest BCUT2D eigenvalue weighted by molar-refractivity contribution is -0.121. The number of carbonyl (C=O) groups is 1. The zero-order valence-corrected chi connectivity index (χ0v) is 12.3. The number of ether oxygens (including phenoxy) is 1. The number of aryl methyl sites for hydroxylation is 2. The number of amides is 1. The lowest BCUT2D eigenvalue weighted by Gasteiger charge is -2.10. The third-order valence-electron chi connectivity index (χ3n) is 2.41. The maximum Gasteiger partial charge on any atom is 0.223 e. The molecule has 0 aromatic heterocycles. The maximum atomic E-state index is 11.4. The summed E-state index contributed by atoms with van der Waals surface area (Å²) in [6.45, 7) is 8.48. The van der Waals surface area contributed by atoms with Crippen molar-refractivity contribution in [3.63, 3.8) is 0 Å². The largest absolute Gasteiger partial charge is 0.493 e. The van der Waals surface area contributed by atoms with E-state index < -0.39 is 0 Å². The molecule has 0 radical (unpaired) electrons. The second-order valence-electron chi connectivity index (χ2n) is 4.16. The molecule has 0 atom stereocenters. The molecule has 1 aromatic carbocycles. The fourth-order valence-corrected chi connectivity index (χ4v) is 1.54. The van der Waals surface area contributed by atoms with E-state index in [-0.39, 0.29) is 5.91 Å². The second-order valence-corrected chi connectivity index (χ2v) is 5.28. The normalized spacial score (nSPS) is 9.94. The molecule has 0 saturated heterocycles. The first-order valence-electron chi connectivity index (χ1n) is 5.79. The standard InChI is InChI=1S/C14H18BrNO2/c1-10-4-5-11(2)13(8-10)18-7-6-14(17)16-9-12(3)15/h4-5,8H,3,6-7,9H2,1-2H3,(H,16,17). The number of hydrogen-bond donors (Lipinski definition) is 1. The van der Waals surface area contributed by atoms with E-state index >= 15 is 0 Å². The van der Waals surface area contributed by atoms with E-state index in [1.165, 1.54) is 0 Å². The molecule has 1 amide bonds. The van der Waals surface area contributed by atoms with E-state index in [2.05, 4.69) is 27.8 Å². The SMILES string of the molecule is C=C(Br)CNC(=O)CCOc1cc(C)ccc1C. The minimum absolute atomic E-state index is 0.0408. The Morgan fingerprint density at radius 3 is 2.83 bits per heavy atom. The number of nitrogens with one attached hydrogen (secondary N) is 1. The molecular formula is C14H18BrNO2. The minimum atomic E-state index is -0.0408. The van der Waals surface area contributed by atoms with Gasteiger partial charge in [0.25, 0.3) is 0 Å². The Kier molecular flexibility index (Phi) is 5.92. The van der Waals surface area contributed by atoms with Gasteiger partial charge in [0.1, 0.15) is 5.75 Å². The Hall–Kier alpha value is -1.29. The molecular weight excluding hydrogens is 294 g/mol. The Bertz CT molecular complexity index is 443. The van der Waals surface area contributed by atoms with Gasteiger partial charge in [-0.15, -0.1) is 0 Å². The first-order chi connectivity index (χ1) is 8.49. The minimum Gasteiger partial charge on any atom is -0.493 e. The highest BCUT2D eigenvalue weighted by atomic mass is 79.9. The van der Waals surface area contributed by atoms with Crippen LogP contribution in [0.4, 0.5) is 0 Å². The summed E-state index contributed by atoms with van der Waals surface area (Å²) in [4.78, 5) is 11.4. The molecule has 0 fully saturated rings. The Morgan fingerprint density at radius 1 is 1.44 bits per heavy atom. The lowest BCUT2D eigenvalue weighted by Crippen LogP contribution is -2.25. The zero-order chi connectivity index (χ0) is 13.5. The number of rotatable bonds is 6. The highest BCUT2D eigenvalue weighted by Crippen LogP contribution is 2.19. The van der Waals surface area contributed by atoms with Gasteiger partial charge in [-0.1, -0.05) is 34.6 Å². The van der Waals surface area contributed by atoms with Gasteiger partial charge >= 0.3 is 0 Å². The van der Waals surface area contributed by atoms with Crippen LogP contribution in [0.1, 0.15) is 17.5 Å². The van der Waals surface area contributed by atoms with Crippen LogP contribution in [0.25, 0.3) is 0 Å². The van der Waals surface area contributed by atoms with Crippen LogP contribution in [-0.2, 0) is 4.79 Å².